The van der Waals surface area contributed by atoms with Gasteiger partial charge in [0.1, 0.15) is 29.8 Å². The number of ketones is 1. The molecule has 2 saturated carbocycles. The van der Waals surface area contributed by atoms with Gasteiger partial charge in [-0.15, -0.1) is 0 Å². The molecule has 37 heavy (non-hydrogen) atoms. The molecule has 12 heteroatoms. The highest BCUT2D eigenvalue weighted by Crippen LogP contribution is 2.67. The summed E-state index contributed by atoms with van der Waals surface area (Å²) in [5.41, 5.74) is -4.85. The Bertz CT molecular complexity index is 1020. The van der Waals surface area contributed by atoms with Gasteiger partial charge in [-0.3, -0.25) is 28.8 Å². The SMILES string of the molecule is CC(=O)OCC12C(OC(C)=O)C(=O)C3C(OC(C)=O)C1(OC3(C)C)C(C)CC(OC(C)=O)C2OC(C)=O. The summed E-state index contributed by atoms with van der Waals surface area (Å²) in [4.78, 5) is 75.4. The lowest BCUT2D eigenvalue weighted by molar-refractivity contribution is -0.314. The summed E-state index contributed by atoms with van der Waals surface area (Å²) >= 11 is 0. The van der Waals surface area contributed by atoms with Gasteiger partial charge in [0.2, 0.25) is 0 Å². The third-order valence-electron chi connectivity index (χ3n) is 7.53. The van der Waals surface area contributed by atoms with E-state index in [2.05, 4.69) is 0 Å². The van der Waals surface area contributed by atoms with Crippen LogP contribution in [-0.2, 0) is 57.2 Å². The van der Waals surface area contributed by atoms with E-state index < -0.39 is 95.1 Å². The monoisotopic (exact) mass is 526 g/mol. The molecule has 0 N–H and O–H groups in total. The molecule has 0 aromatic carbocycles. The van der Waals surface area contributed by atoms with E-state index in [1.807, 2.05) is 0 Å². The molecule has 0 radical (unpaired) electrons. The molecule has 1 spiro atoms. The Morgan fingerprint density at radius 1 is 0.811 bits per heavy atom. The minimum atomic E-state index is -1.95. The number of carbonyl (C=O) groups excluding carboxylic acids is 6. The smallest absolute Gasteiger partial charge is 0.303 e. The van der Waals surface area contributed by atoms with Crippen molar-refractivity contribution in [2.75, 3.05) is 6.61 Å². The lowest BCUT2D eigenvalue weighted by Gasteiger charge is -2.62. The minimum absolute atomic E-state index is 0.0703. The first-order valence-corrected chi connectivity index (χ1v) is 12.1. The van der Waals surface area contributed by atoms with Crippen molar-refractivity contribution in [3.63, 3.8) is 0 Å². The molecule has 1 heterocycles. The molecule has 12 nitrogen and oxygen atoms in total. The Balaban J connectivity index is 2.45. The average molecular weight is 527 g/mol. The topological polar surface area (TPSA) is 158 Å². The summed E-state index contributed by atoms with van der Waals surface area (Å²) in [6.45, 7) is 10.1. The predicted octanol–water partition coefficient (Wildman–Crippen LogP) is 1.05. The maximum absolute atomic E-state index is 14.2. The number of esters is 5. The second kappa shape index (κ2) is 9.70. The highest BCUT2D eigenvalue weighted by Gasteiger charge is 2.85. The number of carbonyl (C=O) groups is 6. The fourth-order valence-corrected chi connectivity index (χ4v) is 6.67. The molecule has 1 aliphatic heterocycles. The van der Waals surface area contributed by atoms with Crippen LogP contribution in [0.15, 0.2) is 0 Å². The molecule has 2 aliphatic carbocycles. The Hall–Kier alpha value is -3.02. The molecule has 8 unspecified atom stereocenters. The zero-order valence-corrected chi connectivity index (χ0v) is 22.3. The lowest BCUT2D eigenvalue weighted by Crippen LogP contribution is -2.80. The van der Waals surface area contributed by atoms with E-state index in [0.29, 0.717) is 0 Å². The van der Waals surface area contributed by atoms with Crippen LogP contribution in [0, 0.1) is 17.3 Å². The largest absolute Gasteiger partial charge is 0.465 e. The van der Waals surface area contributed by atoms with Crippen LogP contribution >= 0.6 is 0 Å². The summed E-state index contributed by atoms with van der Waals surface area (Å²) in [6.07, 6.45) is -5.42. The van der Waals surface area contributed by atoms with Gasteiger partial charge in [0.15, 0.2) is 18.0 Å². The molecule has 3 rings (SSSR count). The quantitative estimate of drug-likeness (QED) is 0.358. The second-order valence-electron chi connectivity index (χ2n) is 10.5. The number of hydrogen-bond donors (Lipinski definition) is 0. The summed E-state index contributed by atoms with van der Waals surface area (Å²) in [5.74, 6) is -6.15. The third-order valence-corrected chi connectivity index (χ3v) is 7.53. The molecule has 1 saturated heterocycles. The number of hydrogen-bond acceptors (Lipinski definition) is 12. The van der Waals surface area contributed by atoms with Crippen LogP contribution in [-0.4, -0.2) is 77.9 Å². The number of Topliss-reactive ketones (excluding diaryl/α,β-unsaturated/α-hetero) is 1. The van der Waals surface area contributed by atoms with Crippen molar-refractivity contribution >= 4 is 35.6 Å². The Morgan fingerprint density at radius 3 is 1.81 bits per heavy atom. The van der Waals surface area contributed by atoms with Gasteiger partial charge >= 0.3 is 29.8 Å². The maximum atomic E-state index is 14.2. The molecule has 0 aromatic rings. The van der Waals surface area contributed by atoms with Gasteiger partial charge in [0.25, 0.3) is 0 Å². The lowest BCUT2D eigenvalue weighted by atomic mass is 9.47. The number of ether oxygens (including phenoxy) is 6. The van der Waals surface area contributed by atoms with Gasteiger partial charge < -0.3 is 28.4 Å². The van der Waals surface area contributed by atoms with Crippen LogP contribution in [0.5, 0.6) is 0 Å². The van der Waals surface area contributed by atoms with Gasteiger partial charge in [-0.05, 0) is 26.2 Å². The van der Waals surface area contributed by atoms with E-state index in [1.54, 1.807) is 20.8 Å². The molecular weight excluding hydrogens is 492 g/mol. The summed E-state index contributed by atoms with van der Waals surface area (Å²) < 4.78 is 34.7. The molecule has 0 aromatic heterocycles. The minimum Gasteiger partial charge on any atom is -0.465 e. The van der Waals surface area contributed by atoms with E-state index in [0.717, 1.165) is 20.8 Å². The molecular formula is C25H34O12. The van der Waals surface area contributed by atoms with E-state index in [9.17, 15) is 28.8 Å². The van der Waals surface area contributed by atoms with E-state index in [-0.39, 0.29) is 6.42 Å². The van der Waals surface area contributed by atoms with Gasteiger partial charge in [-0.1, -0.05) is 6.92 Å². The Labute approximate surface area is 214 Å². The maximum Gasteiger partial charge on any atom is 0.303 e. The standard InChI is InChI=1S/C25H34O12/c1-11-9-17(33-13(3)27)20(34-14(4)28)24(10-32-12(2)26)22(36-16(6)30)19(31)18-21(35-15(5)29)25(11,24)37-23(18,7)8/h11,17-18,20-22H,9-10H2,1-8H3. The van der Waals surface area contributed by atoms with Crippen molar-refractivity contribution < 1.29 is 57.2 Å². The van der Waals surface area contributed by atoms with Crippen LogP contribution in [0.2, 0.25) is 0 Å². The molecule has 8 atom stereocenters. The average Bonchev–Trinajstić information content (AvgIpc) is 2.92. The van der Waals surface area contributed by atoms with Crippen LogP contribution in [0.1, 0.15) is 61.8 Å². The first-order valence-electron chi connectivity index (χ1n) is 12.1. The molecule has 3 aliphatic rings. The van der Waals surface area contributed by atoms with Gasteiger partial charge in [-0.25, -0.2) is 0 Å². The Morgan fingerprint density at radius 2 is 1.32 bits per heavy atom. The number of rotatable bonds is 6. The molecule has 3 fully saturated rings. The van der Waals surface area contributed by atoms with Crippen LogP contribution < -0.4 is 0 Å². The summed E-state index contributed by atoms with van der Waals surface area (Å²) in [7, 11) is 0. The number of fused-ring (bicyclic) bond motifs is 1. The van der Waals surface area contributed by atoms with Crippen molar-refractivity contribution in [3.8, 4) is 0 Å². The first kappa shape index (κ1) is 28.5. The van der Waals surface area contributed by atoms with E-state index in [4.69, 9.17) is 28.4 Å². The van der Waals surface area contributed by atoms with Crippen LogP contribution in [0.25, 0.3) is 0 Å². The zero-order chi connectivity index (χ0) is 28.1. The van der Waals surface area contributed by atoms with Crippen LogP contribution in [0.4, 0.5) is 0 Å². The van der Waals surface area contributed by atoms with Crippen LogP contribution in [0.3, 0.4) is 0 Å². The Kier molecular flexibility index (Phi) is 7.48. The van der Waals surface area contributed by atoms with Gasteiger partial charge in [0, 0.05) is 34.6 Å². The zero-order valence-electron chi connectivity index (χ0n) is 22.3. The highest BCUT2D eigenvalue weighted by atomic mass is 16.6. The fourth-order valence-electron chi connectivity index (χ4n) is 6.67. The summed E-state index contributed by atoms with van der Waals surface area (Å²) in [5, 5.41) is 0. The molecule has 206 valence electrons. The first-order chi connectivity index (χ1) is 17.0. The van der Waals surface area contributed by atoms with Gasteiger partial charge in [-0.2, -0.15) is 0 Å². The molecule has 0 amide bonds. The third kappa shape index (κ3) is 4.49. The summed E-state index contributed by atoms with van der Waals surface area (Å²) in [6, 6.07) is 0. The molecule has 2 bridgehead atoms. The predicted molar refractivity (Wildman–Crippen MR) is 121 cm³/mol. The van der Waals surface area contributed by atoms with Crippen molar-refractivity contribution in [3.05, 3.63) is 0 Å². The van der Waals surface area contributed by atoms with Crippen molar-refractivity contribution in [2.24, 2.45) is 17.3 Å². The van der Waals surface area contributed by atoms with E-state index in [1.165, 1.54) is 13.8 Å². The van der Waals surface area contributed by atoms with E-state index >= 15 is 0 Å². The van der Waals surface area contributed by atoms with Crippen molar-refractivity contribution in [1.29, 1.82) is 0 Å². The van der Waals surface area contributed by atoms with Crippen molar-refractivity contribution in [1.82, 2.24) is 0 Å². The second-order valence-corrected chi connectivity index (χ2v) is 10.5. The fraction of sp³-hybridized carbons (Fsp3) is 0.760. The highest BCUT2D eigenvalue weighted by molar-refractivity contribution is 5.93. The normalized spacial score (nSPS) is 37.6. The van der Waals surface area contributed by atoms with Gasteiger partial charge in [0.05, 0.1) is 11.5 Å². The van der Waals surface area contributed by atoms with Crippen molar-refractivity contribution in [2.45, 2.75) is 97.4 Å².